The summed E-state index contributed by atoms with van der Waals surface area (Å²) in [6.07, 6.45) is 0. The molecule has 1 aromatic carbocycles. The van der Waals surface area contributed by atoms with Crippen LogP contribution >= 0.6 is 0 Å². The molecule has 0 atom stereocenters. The molecule has 0 saturated heterocycles. The van der Waals surface area contributed by atoms with Crippen LogP contribution in [0.25, 0.3) is 0 Å². The molecule has 0 aliphatic rings. The van der Waals surface area contributed by atoms with Crippen LogP contribution in [0.4, 0.5) is 0 Å². The van der Waals surface area contributed by atoms with Gasteiger partial charge in [-0.3, -0.25) is 4.79 Å². The maximum absolute atomic E-state index is 12.1. The lowest BCUT2D eigenvalue weighted by Gasteiger charge is -2.29. The number of rotatable bonds is 4. The minimum absolute atomic E-state index is 0.0531. The average Bonchev–Trinajstić information content (AvgIpc) is 2.31. The van der Waals surface area contributed by atoms with Crippen molar-refractivity contribution in [3.05, 3.63) is 23.8 Å². The molecule has 0 aliphatic heterocycles. The summed E-state index contributed by atoms with van der Waals surface area (Å²) in [5, 5.41) is 19.0. The second-order valence-corrected chi connectivity index (χ2v) is 5.23. The van der Waals surface area contributed by atoms with Crippen molar-refractivity contribution in [1.29, 1.82) is 0 Å². The molecule has 5 heteroatoms. The number of phenolic OH excluding ortho intramolecular Hbond substituents is 2. The van der Waals surface area contributed by atoms with Crippen LogP contribution in [0.2, 0.25) is 0 Å². The Morgan fingerprint density at radius 3 is 2.56 bits per heavy atom. The van der Waals surface area contributed by atoms with Crippen molar-refractivity contribution in [2.24, 2.45) is 11.1 Å². The summed E-state index contributed by atoms with van der Waals surface area (Å²) in [7, 11) is 1.64. The number of amides is 1. The molecule has 0 aromatic heterocycles. The predicted molar refractivity (Wildman–Crippen MR) is 69.6 cm³/mol. The minimum atomic E-state index is -0.343. The highest BCUT2D eigenvalue weighted by molar-refractivity contribution is 5.97. The Kier molecular flexibility index (Phi) is 4.19. The van der Waals surface area contributed by atoms with Gasteiger partial charge in [0.1, 0.15) is 11.5 Å². The fourth-order valence-corrected chi connectivity index (χ4v) is 1.68. The van der Waals surface area contributed by atoms with Gasteiger partial charge in [-0.15, -0.1) is 0 Å². The monoisotopic (exact) mass is 252 g/mol. The first-order chi connectivity index (χ1) is 8.26. The quantitative estimate of drug-likeness (QED) is 0.702. The highest BCUT2D eigenvalue weighted by atomic mass is 16.3. The number of carbonyl (C=O) groups is 1. The van der Waals surface area contributed by atoms with Crippen LogP contribution in [0.15, 0.2) is 18.2 Å². The Morgan fingerprint density at radius 2 is 2.00 bits per heavy atom. The van der Waals surface area contributed by atoms with Gasteiger partial charge in [-0.1, -0.05) is 13.8 Å². The number of phenols is 2. The molecular formula is C13H20N2O3. The topological polar surface area (TPSA) is 86.8 Å². The first-order valence-electron chi connectivity index (χ1n) is 5.74. The van der Waals surface area contributed by atoms with E-state index in [1.54, 1.807) is 7.05 Å². The zero-order valence-electron chi connectivity index (χ0n) is 11.0. The SMILES string of the molecule is CN(CC(C)(C)CN)C(=O)c1cc(O)ccc1O. The van der Waals surface area contributed by atoms with Crippen LogP contribution in [0.1, 0.15) is 24.2 Å². The molecule has 18 heavy (non-hydrogen) atoms. The summed E-state index contributed by atoms with van der Waals surface area (Å²) >= 11 is 0. The number of nitrogens with two attached hydrogens (primary N) is 1. The normalized spacial score (nSPS) is 11.3. The standard InChI is InChI=1S/C13H20N2O3/c1-13(2,7-14)8-15(3)12(18)10-6-9(16)4-5-11(10)17/h4-6,16-17H,7-8,14H2,1-3H3. The Labute approximate surface area is 107 Å². The van der Waals surface area contributed by atoms with Crippen LogP contribution in [-0.2, 0) is 0 Å². The summed E-state index contributed by atoms with van der Waals surface area (Å²) in [6, 6.07) is 3.88. The molecule has 1 amide bonds. The number of benzene rings is 1. The molecular weight excluding hydrogens is 232 g/mol. The maximum atomic E-state index is 12.1. The van der Waals surface area contributed by atoms with Crippen molar-refractivity contribution < 1.29 is 15.0 Å². The van der Waals surface area contributed by atoms with Gasteiger partial charge in [0.05, 0.1) is 5.56 Å². The van der Waals surface area contributed by atoms with E-state index in [0.717, 1.165) is 0 Å². The van der Waals surface area contributed by atoms with Gasteiger partial charge < -0.3 is 20.8 Å². The van der Waals surface area contributed by atoms with Gasteiger partial charge >= 0.3 is 0 Å². The summed E-state index contributed by atoms with van der Waals surface area (Å²) in [4.78, 5) is 13.6. The molecule has 0 heterocycles. The van der Waals surface area contributed by atoms with Crippen molar-refractivity contribution in [2.45, 2.75) is 13.8 Å². The van der Waals surface area contributed by atoms with Crippen LogP contribution in [0.3, 0.4) is 0 Å². The smallest absolute Gasteiger partial charge is 0.257 e. The van der Waals surface area contributed by atoms with Crippen molar-refractivity contribution in [3.8, 4) is 11.5 Å². The van der Waals surface area contributed by atoms with Crippen LogP contribution < -0.4 is 5.73 Å². The molecule has 100 valence electrons. The molecule has 0 spiro atoms. The van der Waals surface area contributed by atoms with E-state index >= 15 is 0 Å². The zero-order valence-corrected chi connectivity index (χ0v) is 11.0. The molecule has 0 fully saturated rings. The zero-order chi connectivity index (χ0) is 13.9. The average molecular weight is 252 g/mol. The lowest BCUT2D eigenvalue weighted by atomic mass is 9.93. The van der Waals surface area contributed by atoms with Gasteiger partial charge in [-0.2, -0.15) is 0 Å². The summed E-state index contributed by atoms with van der Waals surface area (Å²) in [5.41, 5.74) is 5.51. The van der Waals surface area contributed by atoms with Gasteiger partial charge in [0.15, 0.2) is 0 Å². The third-order valence-electron chi connectivity index (χ3n) is 2.78. The van der Waals surface area contributed by atoms with Crippen molar-refractivity contribution in [3.63, 3.8) is 0 Å². The summed E-state index contributed by atoms with van der Waals surface area (Å²) < 4.78 is 0. The van der Waals surface area contributed by atoms with E-state index in [2.05, 4.69) is 0 Å². The lowest BCUT2D eigenvalue weighted by Crippen LogP contribution is -2.39. The Balaban J connectivity index is 2.90. The van der Waals surface area contributed by atoms with Gasteiger partial charge in [0.2, 0.25) is 0 Å². The molecule has 4 N–H and O–H groups in total. The predicted octanol–water partition coefficient (Wildman–Crippen LogP) is 1.15. The number of hydrogen-bond acceptors (Lipinski definition) is 4. The van der Waals surface area contributed by atoms with E-state index in [-0.39, 0.29) is 28.4 Å². The molecule has 0 bridgehead atoms. The van der Waals surface area contributed by atoms with Gasteiger partial charge in [0, 0.05) is 13.6 Å². The van der Waals surface area contributed by atoms with Crippen molar-refractivity contribution in [1.82, 2.24) is 4.90 Å². The summed E-state index contributed by atoms with van der Waals surface area (Å²) in [6.45, 7) is 4.84. The highest BCUT2D eigenvalue weighted by Crippen LogP contribution is 2.24. The van der Waals surface area contributed by atoms with Crippen molar-refractivity contribution >= 4 is 5.91 Å². The number of hydrogen-bond donors (Lipinski definition) is 3. The molecule has 0 aliphatic carbocycles. The summed E-state index contributed by atoms with van der Waals surface area (Å²) in [5.74, 6) is -0.539. The van der Waals surface area contributed by atoms with Crippen molar-refractivity contribution in [2.75, 3.05) is 20.1 Å². The minimum Gasteiger partial charge on any atom is -0.508 e. The molecule has 1 rings (SSSR count). The first-order valence-corrected chi connectivity index (χ1v) is 5.74. The fourth-order valence-electron chi connectivity index (χ4n) is 1.68. The largest absolute Gasteiger partial charge is 0.508 e. The van der Waals surface area contributed by atoms with E-state index in [1.165, 1.54) is 23.1 Å². The molecule has 0 unspecified atom stereocenters. The number of nitrogens with zero attached hydrogens (tertiary/aromatic N) is 1. The Morgan fingerprint density at radius 1 is 1.39 bits per heavy atom. The van der Waals surface area contributed by atoms with E-state index in [0.29, 0.717) is 13.1 Å². The van der Waals surface area contributed by atoms with Crippen LogP contribution in [0.5, 0.6) is 11.5 Å². The van der Waals surface area contributed by atoms with E-state index in [1.807, 2.05) is 13.8 Å². The second kappa shape index (κ2) is 5.27. The van der Waals surface area contributed by atoms with E-state index in [9.17, 15) is 15.0 Å². The highest BCUT2D eigenvalue weighted by Gasteiger charge is 2.23. The van der Waals surface area contributed by atoms with Gasteiger partial charge in [0.25, 0.3) is 5.91 Å². The second-order valence-electron chi connectivity index (χ2n) is 5.23. The van der Waals surface area contributed by atoms with Crippen LogP contribution in [-0.4, -0.2) is 41.2 Å². The maximum Gasteiger partial charge on any atom is 0.257 e. The lowest BCUT2D eigenvalue weighted by molar-refractivity contribution is 0.0737. The third kappa shape index (κ3) is 3.37. The Hall–Kier alpha value is -1.75. The van der Waals surface area contributed by atoms with E-state index < -0.39 is 0 Å². The molecule has 1 aromatic rings. The Bertz CT molecular complexity index is 444. The fraction of sp³-hybridized carbons (Fsp3) is 0.462. The molecule has 0 saturated carbocycles. The van der Waals surface area contributed by atoms with Gasteiger partial charge in [-0.25, -0.2) is 0 Å². The van der Waals surface area contributed by atoms with Gasteiger partial charge in [-0.05, 0) is 30.2 Å². The molecule has 0 radical (unpaired) electrons. The first kappa shape index (κ1) is 14.3. The van der Waals surface area contributed by atoms with Crippen LogP contribution in [0, 0.1) is 5.41 Å². The molecule has 5 nitrogen and oxygen atoms in total. The van der Waals surface area contributed by atoms with E-state index in [4.69, 9.17) is 5.73 Å². The number of aromatic hydroxyl groups is 2. The number of carbonyl (C=O) groups excluding carboxylic acids is 1. The third-order valence-corrected chi connectivity index (χ3v) is 2.78.